The molecule has 4 aromatic carbocycles. The number of rotatable bonds is 9. The lowest BCUT2D eigenvalue weighted by molar-refractivity contribution is -0.121. The van der Waals surface area contributed by atoms with Crippen LogP contribution in [0, 0.1) is 0 Å². The molecule has 5 heterocycles. The molecule has 1 saturated heterocycles. The standard InChI is InChI=1S/C25H27NO5S.C24H25NO3.C4H8O.CH3F/c1-24(2,3)23-22(32(4,28)29)17-11-15(5-7-18(17)26-23)12-21(27)25(9-10-25)16-6-8-19-20(13-16)31-14-30-19;1-23(2,3)21-12-16-10-15(4-6-18(16)25-21)11-22(26)24(8-9-24)17-5-7-19-20(13-17)28-14-27-19;1-2-4-5-3-1;1-2/h5-8,11,13,26H,9-10,12,14H2,1-4H3;4-7,10,12-13,25H,8-9,11,14H2,1-3H3;1-4H2;1H3/i;;3D;. The number of nitrogens with one attached hydrogen (secondary N) is 2. The number of ether oxygens (including phenoxy) is 5. The van der Waals surface area contributed by atoms with Gasteiger partial charge < -0.3 is 33.7 Å². The summed E-state index contributed by atoms with van der Waals surface area (Å²) >= 11 is 0. The zero-order valence-corrected chi connectivity index (χ0v) is 40.6. The molecule has 356 valence electrons. The van der Waals surface area contributed by atoms with Gasteiger partial charge in [0, 0.05) is 70.9 Å². The number of sulfone groups is 1. The Bertz CT molecular complexity index is 2970. The minimum absolute atomic E-state index is 0.0758. The number of H-pyrrole nitrogens is 2. The van der Waals surface area contributed by atoms with E-state index >= 15 is 0 Å². The number of fused-ring (bicyclic) bond motifs is 4. The van der Waals surface area contributed by atoms with E-state index in [9.17, 15) is 22.4 Å². The van der Waals surface area contributed by atoms with Crippen molar-refractivity contribution in [1.29, 1.82) is 0 Å². The fourth-order valence-electron chi connectivity index (χ4n) is 9.15. The molecular formula is C54H63FN2O9S. The summed E-state index contributed by atoms with van der Waals surface area (Å²) in [5.41, 5.74) is 6.57. The molecule has 6 aromatic rings. The lowest BCUT2D eigenvalue weighted by atomic mass is 9.87. The molecule has 0 bridgehead atoms. The molecule has 11 nitrogen and oxygen atoms in total. The largest absolute Gasteiger partial charge is 0.454 e. The van der Waals surface area contributed by atoms with E-state index in [-0.39, 0.29) is 54.4 Å². The number of benzene rings is 4. The number of Topliss-reactive ketones (excluding diaryl/α,β-unsaturated/α-hetero) is 2. The maximum atomic E-state index is 13.4. The van der Waals surface area contributed by atoms with Crippen molar-refractivity contribution in [2.45, 2.75) is 119 Å². The summed E-state index contributed by atoms with van der Waals surface area (Å²) in [5, 5.41) is 1.82. The average Bonchev–Trinajstić information content (AvgIpc) is 3.79. The van der Waals surface area contributed by atoms with E-state index in [1.807, 2.05) is 75.4 Å². The van der Waals surface area contributed by atoms with Crippen LogP contribution in [0.3, 0.4) is 0 Å². The summed E-state index contributed by atoms with van der Waals surface area (Å²) in [7, 11) is -2.95. The maximum Gasteiger partial charge on any atom is 0.231 e. The minimum atomic E-state index is -3.45. The second-order valence-electron chi connectivity index (χ2n) is 20.3. The van der Waals surface area contributed by atoms with Gasteiger partial charge in [-0.3, -0.25) is 14.0 Å². The van der Waals surface area contributed by atoms with Crippen LogP contribution in [0.15, 0.2) is 83.8 Å². The van der Waals surface area contributed by atoms with Crippen LogP contribution in [0.1, 0.15) is 115 Å². The molecule has 0 radical (unpaired) electrons. The smallest absolute Gasteiger partial charge is 0.231 e. The molecule has 2 aliphatic carbocycles. The summed E-state index contributed by atoms with van der Waals surface area (Å²) in [6, 6.07) is 25.8. The highest BCUT2D eigenvalue weighted by Crippen LogP contribution is 2.53. The Morgan fingerprint density at radius 2 is 1.18 bits per heavy atom. The number of aromatic amines is 2. The Kier molecular flexibility index (Phi) is 12.8. The van der Waals surface area contributed by atoms with Gasteiger partial charge >= 0.3 is 0 Å². The molecule has 2 aromatic heterocycles. The van der Waals surface area contributed by atoms with Crippen LogP contribution in [-0.4, -0.2) is 70.2 Å². The third-order valence-electron chi connectivity index (χ3n) is 13.3. The Balaban J connectivity index is 0.000000159. The van der Waals surface area contributed by atoms with Gasteiger partial charge in [0.1, 0.15) is 11.6 Å². The monoisotopic (exact) mass is 935 g/mol. The molecule has 3 aliphatic heterocycles. The van der Waals surface area contributed by atoms with Gasteiger partial charge in [-0.1, -0.05) is 65.8 Å². The van der Waals surface area contributed by atoms with Crippen LogP contribution in [0.25, 0.3) is 21.8 Å². The van der Waals surface area contributed by atoms with E-state index in [0.717, 1.165) is 89.9 Å². The second-order valence-corrected chi connectivity index (χ2v) is 22.2. The van der Waals surface area contributed by atoms with Gasteiger partial charge in [-0.15, -0.1) is 0 Å². The van der Waals surface area contributed by atoms with Crippen molar-refractivity contribution in [2.75, 3.05) is 40.2 Å². The van der Waals surface area contributed by atoms with Crippen molar-refractivity contribution in [3.05, 3.63) is 113 Å². The van der Waals surface area contributed by atoms with Crippen LogP contribution >= 0.6 is 0 Å². The van der Waals surface area contributed by atoms with E-state index in [0.29, 0.717) is 41.1 Å². The van der Waals surface area contributed by atoms with Crippen molar-refractivity contribution in [2.24, 2.45) is 0 Å². The predicted molar refractivity (Wildman–Crippen MR) is 259 cm³/mol. The first-order valence-electron chi connectivity index (χ1n) is 23.6. The number of hydrogen-bond donors (Lipinski definition) is 2. The highest BCUT2D eigenvalue weighted by Gasteiger charge is 2.52. The predicted octanol–water partition coefficient (Wildman–Crippen LogP) is 10.9. The van der Waals surface area contributed by atoms with E-state index in [1.54, 1.807) is 0 Å². The lowest BCUT2D eigenvalue weighted by Gasteiger charge is -2.18. The first-order valence-corrected chi connectivity index (χ1v) is 24.9. The number of alkyl halides is 1. The maximum absolute atomic E-state index is 13.4. The molecule has 2 saturated carbocycles. The van der Waals surface area contributed by atoms with Crippen molar-refractivity contribution < 1.29 is 47.5 Å². The van der Waals surface area contributed by atoms with Crippen molar-refractivity contribution in [3.8, 4) is 23.0 Å². The SMILES string of the molecule is CC(C)(C)c1[nH]c2ccc(CC(=O)C3(c4ccc5c(c4)OCO5)CC3)cc2c1S(C)(=O)=O.CC(C)(C)c1cc2cc(CC(=O)C3(c4ccc5c(c4)OCO5)CC3)ccc2[nH]1.CF.[2H]C1CCCO1. The molecule has 0 amide bonds. The summed E-state index contributed by atoms with van der Waals surface area (Å²) in [5.74, 6) is 3.33. The number of aromatic nitrogens is 2. The summed E-state index contributed by atoms with van der Waals surface area (Å²) in [6.45, 7) is 13.6. The zero-order valence-electron chi connectivity index (χ0n) is 40.8. The molecule has 3 fully saturated rings. The van der Waals surface area contributed by atoms with Crippen LogP contribution in [0.5, 0.6) is 23.0 Å². The molecule has 5 aliphatic rings. The fraction of sp³-hybridized carbons (Fsp3) is 0.444. The van der Waals surface area contributed by atoms with E-state index in [4.69, 9.17) is 25.1 Å². The minimum Gasteiger partial charge on any atom is -0.454 e. The van der Waals surface area contributed by atoms with Crippen LogP contribution in [-0.2, 0) is 58.7 Å². The lowest BCUT2D eigenvalue weighted by Crippen LogP contribution is -2.22. The fourth-order valence-corrected chi connectivity index (χ4v) is 10.5. The van der Waals surface area contributed by atoms with Crippen LogP contribution < -0.4 is 18.9 Å². The van der Waals surface area contributed by atoms with Gasteiger partial charge in [-0.05, 0) is 121 Å². The van der Waals surface area contributed by atoms with Crippen molar-refractivity contribution in [1.82, 2.24) is 9.97 Å². The Morgan fingerprint density at radius 1 is 0.657 bits per heavy atom. The molecule has 13 heteroatoms. The van der Waals surface area contributed by atoms with Crippen molar-refractivity contribution >= 4 is 43.2 Å². The Labute approximate surface area is 394 Å². The Morgan fingerprint density at radius 3 is 1.63 bits per heavy atom. The van der Waals surface area contributed by atoms with Gasteiger partial charge in [0.2, 0.25) is 13.6 Å². The molecule has 2 N–H and O–H groups in total. The summed E-state index contributed by atoms with van der Waals surface area (Å²) < 4.78 is 68.3. The molecule has 1 unspecified atom stereocenters. The number of halogens is 1. The van der Waals surface area contributed by atoms with E-state index in [1.165, 1.54) is 17.3 Å². The number of carbonyl (C=O) groups is 2. The number of carbonyl (C=O) groups excluding carboxylic acids is 2. The van der Waals surface area contributed by atoms with Gasteiger partial charge in [-0.2, -0.15) is 0 Å². The number of ketones is 2. The molecule has 0 spiro atoms. The Hall–Kier alpha value is -5.66. The third kappa shape index (κ3) is 10.00. The summed E-state index contributed by atoms with van der Waals surface area (Å²) in [6.07, 6.45) is 7.39. The zero-order chi connectivity index (χ0) is 48.8. The summed E-state index contributed by atoms with van der Waals surface area (Å²) in [4.78, 5) is 33.7. The molecule has 67 heavy (non-hydrogen) atoms. The van der Waals surface area contributed by atoms with Gasteiger partial charge in [0.15, 0.2) is 32.8 Å². The van der Waals surface area contributed by atoms with Crippen LogP contribution in [0.4, 0.5) is 4.39 Å². The number of hydrogen-bond acceptors (Lipinski definition) is 9. The molecule has 1 atom stereocenters. The van der Waals surface area contributed by atoms with E-state index in [2.05, 4.69) is 55.0 Å². The first kappa shape index (κ1) is 46.5. The normalized spacial score (nSPS) is 18.5. The van der Waals surface area contributed by atoms with E-state index < -0.39 is 15.3 Å². The quantitative estimate of drug-likeness (QED) is 0.145. The third-order valence-corrected chi connectivity index (χ3v) is 14.4. The average molecular weight is 936 g/mol. The van der Waals surface area contributed by atoms with Gasteiger partial charge in [0.25, 0.3) is 0 Å². The van der Waals surface area contributed by atoms with Crippen LogP contribution in [0.2, 0.25) is 0 Å². The molecular weight excluding hydrogens is 872 g/mol. The first-order chi connectivity index (χ1) is 32.2. The second kappa shape index (κ2) is 18.4. The topological polar surface area (TPSA) is 146 Å². The highest BCUT2D eigenvalue weighted by molar-refractivity contribution is 7.91. The van der Waals surface area contributed by atoms with Crippen molar-refractivity contribution in [3.63, 3.8) is 0 Å². The van der Waals surface area contributed by atoms with Gasteiger partial charge in [-0.25, -0.2) is 8.42 Å². The highest BCUT2D eigenvalue weighted by atomic mass is 32.2. The molecule has 11 rings (SSSR count). The van der Waals surface area contributed by atoms with Gasteiger partial charge in [0.05, 0.1) is 24.3 Å².